The van der Waals surface area contributed by atoms with Crippen molar-refractivity contribution in [3.8, 4) is 0 Å². The largest absolute Gasteiger partial charge is 0.481 e. The molecule has 7 nitrogen and oxygen atoms in total. The number of aryl methyl sites for hydroxylation is 1. The van der Waals surface area contributed by atoms with E-state index in [1.807, 2.05) is 0 Å². The summed E-state index contributed by atoms with van der Waals surface area (Å²) in [6, 6.07) is -0.439. The highest BCUT2D eigenvalue weighted by atomic mass is 32.1. The van der Waals surface area contributed by atoms with Gasteiger partial charge in [-0.1, -0.05) is 6.92 Å². The van der Waals surface area contributed by atoms with E-state index in [2.05, 4.69) is 26.9 Å². The number of anilines is 1. The molecule has 0 aromatic carbocycles. The van der Waals surface area contributed by atoms with Crippen molar-refractivity contribution in [2.24, 2.45) is 11.3 Å². The molecule has 0 saturated heterocycles. The number of urea groups is 1. The van der Waals surface area contributed by atoms with Gasteiger partial charge in [0.15, 0.2) is 0 Å². The van der Waals surface area contributed by atoms with Crippen molar-refractivity contribution in [3.05, 3.63) is 5.82 Å². The predicted molar refractivity (Wildman–Crippen MR) is 79.4 cm³/mol. The van der Waals surface area contributed by atoms with Crippen LogP contribution in [0.1, 0.15) is 38.4 Å². The van der Waals surface area contributed by atoms with Gasteiger partial charge in [0, 0.05) is 18.1 Å². The van der Waals surface area contributed by atoms with E-state index in [9.17, 15) is 14.7 Å². The number of aliphatic carboxylic acids is 1. The van der Waals surface area contributed by atoms with Gasteiger partial charge in [0.2, 0.25) is 5.13 Å². The lowest BCUT2D eigenvalue weighted by Gasteiger charge is -2.35. The lowest BCUT2D eigenvalue weighted by atomic mass is 9.71. The van der Waals surface area contributed by atoms with E-state index in [4.69, 9.17) is 0 Å². The maximum absolute atomic E-state index is 11.8. The number of nitrogens with zero attached hydrogens (tertiary/aromatic N) is 2. The first-order valence-electron chi connectivity index (χ1n) is 7.00. The molecular formula is C13H20N4O3S. The Morgan fingerprint density at radius 1 is 1.43 bits per heavy atom. The highest BCUT2D eigenvalue weighted by molar-refractivity contribution is 7.09. The molecule has 0 atom stereocenters. The van der Waals surface area contributed by atoms with Crippen molar-refractivity contribution in [2.75, 3.05) is 11.9 Å². The van der Waals surface area contributed by atoms with Crippen molar-refractivity contribution in [2.45, 2.75) is 39.5 Å². The number of amides is 2. The summed E-state index contributed by atoms with van der Waals surface area (Å²) in [5, 5.41) is 15.1. The number of rotatable bonds is 4. The molecule has 2 rings (SSSR count). The number of nitrogens with one attached hydrogen (secondary N) is 2. The smallest absolute Gasteiger partial charge is 0.321 e. The lowest BCUT2D eigenvalue weighted by molar-refractivity contribution is -0.151. The molecule has 0 spiro atoms. The molecule has 0 bridgehead atoms. The number of aromatic nitrogens is 2. The van der Waals surface area contributed by atoms with E-state index in [0.717, 1.165) is 24.4 Å². The second kappa shape index (κ2) is 6.38. The third kappa shape index (κ3) is 3.90. The fraction of sp³-hybridized carbons (Fsp3) is 0.692. The van der Waals surface area contributed by atoms with Gasteiger partial charge in [-0.15, -0.1) is 0 Å². The van der Waals surface area contributed by atoms with Crippen LogP contribution in [0.5, 0.6) is 0 Å². The van der Waals surface area contributed by atoms with Crippen LogP contribution in [-0.2, 0) is 4.79 Å². The molecule has 3 N–H and O–H groups in total. The van der Waals surface area contributed by atoms with Gasteiger partial charge in [-0.3, -0.25) is 10.1 Å². The van der Waals surface area contributed by atoms with Crippen LogP contribution in [0.3, 0.4) is 0 Å². The number of carbonyl (C=O) groups excluding carboxylic acids is 1. The van der Waals surface area contributed by atoms with E-state index < -0.39 is 17.4 Å². The molecule has 21 heavy (non-hydrogen) atoms. The lowest BCUT2D eigenvalue weighted by Crippen LogP contribution is -2.46. The molecule has 8 heteroatoms. The van der Waals surface area contributed by atoms with Crippen LogP contribution >= 0.6 is 11.5 Å². The number of carboxylic acid groups (broad SMARTS) is 1. The van der Waals surface area contributed by atoms with Crippen LogP contribution in [0.4, 0.5) is 9.93 Å². The Hall–Kier alpha value is -1.70. The summed E-state index contributed by atoms with van der Waals surface area (Å²) in [7, 11) is 0. The number of hydrogen-bond acceptors (Lipinski definition) is 5. The normalized spacial score (nSPS) is 25.3. The maximum Gasteiger partial charge on any atom is 0.321 e. The van der Waals surface area contributed by atoms with Gasteiger partial charge < -0.3 is 10.4 Å². The van der Waals surface area contributed by atoms with E-state index in [1.54, 1.807) is 6.92 Å². The van der Waals surface area contributed by atoms with Crippen LogP contribution in [0.2, 0.25) is 0 Å². The maximum atomic E-state index is 11.8. The Labute approximate surface area is 127 Å². The molecule has 0 unspecified atom stereocenters. The monoisotopic (exact) mass is 312 g/mol. The van der Waals surface area contributed by atoms with Gasteiger partial charge >= 0.3 is 12.0 Å². The molecule has 1 heterocycles. The Balaban J connectivity index is 1.90. The Morgan fingerprint density at radius 2 is 2.10 bits per heavy atom. The second-order valence-corrected chi connectivity index (χ2v) is 6.47. The highest BCUT2D eigenvalue weighted by Gasteiger charge is 2.41. The van der Waals surface area contributed by atoms with Gasteiger partial charge in [0.1, 0.15) is 5.82 Å². The molecule has 1 aliphatic carbocycles. The standard InChI is InChI=1S/C13H20N4O3S/c1-8-3-5-13(6-4-8,10(18)19)7-14-11(20)16-12-15-9(2)17-21-12/h8H,3-7H2,1-2H3,(H,18,19)(H2,14,15,16,17,20). The molecular weight excluding hydrogens is 292 g/mol. The first kappa shape index (κ1) is 15.7. The van der Waals surface area contributed by atoms with Crippen molar-refractivity contribution in [1.29, 1.82) is 0 Å². The summed E-state index contributed by atoms with van der Waals surface area (Å²) in [4.78, 5) is 27.4. The van der Waals surface area contributed by atoms with Crippen molar-refractivity contribution >= 4 is 28.7 Å². The minimum atomic E-state index is -0.846. The van der Waals surface area contributed by atoms with Crippen LogP contribution in [0.15, 0.2) is 0 Å². The molecule has 1 aliphatic rings. The summed E-state index contributed by atoms with van der Waals surface area (Å²) in [5.41, 5.74) is -0.846. The Kier molecular flexibility index (Phi) is 4.76. The van der Waals surface area contributed by atoms with Crippen molar-refractivity contribution in [3.63, 3.8) is 0 Å². The SMILES string of the molecule is Cc1nsc(NC(=O)NCC2(C(=O)O)CCC(C)CC2)n1. The molecule has 2 amide bonds. The minimum Gasteiger partial charge on any atom is -0.481 e. The molecule has 0 radical (unpaired) electrons. The van der Waals surface area contributed by atoms with Crippen LogP contribution in [0, 0.1) is 18.3 Å². The zero-order valence-corrected chi connectivity index (χ0v) is 13.0. The molecule has 1 aromatic heterocycles. The summed E-state index contributed by atoms with van der Waals surface area (Å²) >= 11 is 1.10. The van der Waals surface area contributed by atoms with Gasteiger partial charge in [-0.25, -0.2) is 9.78 Å². The van der Waals surface area contributed by atoms with E-state index in [1.165, 1.54) is 0 Å². The Morgan fingerprint density at radius 3 is 2.62 bits per heavy atom. The number of carbonyl (C=O) groups is 2. The van der Waals surface area contributed by atoms with Crippen molar-refractivity contribution < 1.29 is 14.7 Å². The quantitative estimate of drug-likeness (QED) is 0.791. The first-order chi connectivity index (χ1) is 9.91. The van der Waals surface area contributed by atoms with E-state index >= 15 is 0 Å². The van der Waals surface area contributed by atoms with Gasteiger partial charge in [-0.05, 0) is 38.5 Å². The second-order valence-electron chi connectivity index (χ2n) is 5.72. The summed E-state index contributed by atoms with van der Waals surface area (Å²) in [6.45, 7) is 4.00. The van der Waals surface area contributed by atoms with Gasteiger partial charge in [-0.2, -0.15) is 4.37 Å². The van der Waals surface area contributed by atoms with Crippen LogP contribution < -0.4 is 10.6 Å². The van der Waals surface area contributed by atoms with Gasteiger partial charge in [0.25, 0.3) is 0 Å². The molecule has 1 fully saturated rings. The average Bonchev–Trinajstić information content (AvgIpc) is 2.83. The van der Waals surface area contributed by atoms with Crippen molar-refractivity contribution in [1.82, 2.24) is 14.7 Å². The summed E-state index contributed by atoms with van der Waals surface area (Å²) < 4.78 is 3.96. The zero-order valence-electron chi connectivity index (χ0n) is 12.2. The predicted octanol–water partition coefficient (Wildman–Crippen LogP) is 2.25. The zero-order chi connectivity index (χ0) is 15.5. The molecule has 1 saturated carbocycles. The molecule has 1 aromatic rings. The molecule has 116 valence electrons. The fourth-order valence-corrected chi connectivity index (χ4v) is 3.09. The van der Waals surface area contributed by atoms with E-state index in [0.29, 0.717) is 29.7 Å². The number of carboxylic acids is 1. The third-order valence-electron chi connectivity index (χ3n) is 4.02. The molecule has 0 aliphatic heterocycles. The summed E-state index contributed by atoms with van der Waals surface area (Å²) in [6.07, 6.45) is 2.96. The average molecular weight is 312 g/mol. The minimum absolute atomic E-state index is 0.138. The Bertz CT molecular complexity index is 523. The fourth-order valence-electron chi connectivity index (χ4n) is 2.52. The van der Waals surface area contributed by atoms with Crippen LogP contribution in [-0.4, -0.2) is 33.0 Å². The first-order valence-corrected chi connectivity index (χ1v) is 7.77. The highest BCUT2D eigenvalue weighted by Crippen LogP contribution is 2.38. The van der Waals surface area contributed by atoms with Crippen LogP contribution in [0.25, 0.3) is 0 Å². The van der Waals surface area contributed by atoms with Gasteiger partial charge in [0.05, 0.1) is 5.41 Å². The third-order valence-corrected chi connectivity index (χ3v) is 4.74. The topological polar surface area (TPSA) is 104 Å². The number of hydrogen-bond donors (Lipinski definition) is 3. The van der Waals surface area contributed by atoms with E-state index in [-0.39, 0.29) is 6.54 Å². The summed E-state index contributed by atoms with van der Waals surface area (Å²) in [5.74, 6) is 0.315.